The Kier molecular flexibility index (Phi) is 9.25. The van der Waals surface area contributed by atoms with Gasteiger partial charge >= 0.3 is 0 Å². The fourth-order valence-electron chi connectivity index (χ4n) is 2.18. The van der Waals surface area contributed by atoms with E-state index in [0.717, 1.165) is 12.1 Å². The first-order valence-electron chi connectivity index (χ1n) is 7.96. The number of nitrogens with zero attached hydrogens (tertiary/aromatic N) is 3. The summed E-state index contributed by atoms with van der Waals surface area (Å²) in [4.78, 5) is 4.19. The number of nitrogens with one attached hydrogen (secondary N) is 2. The highest BCUT2D eigenvalue weighted by Crippen LogP contribution is 2.14. The van der Waals surface area contributed by atoms with Crippen molar-refractivity contribution in [1.82, 2.24) is 20.4 Å². The zero-order valence-corrected chi connectivity index (χ0v) is 17.0. The molecule has 0 amide bonds. The van der Waals surface area contributed by atoms with E-state index in [2.05, 4.69) is 20.7 Å². The minimum absolute atomic E-state index is 0. The van der Waals surface area contributed by atoms with Crippen molar-refractivity contribution in [2.24, 2.45) is 12.0 Å². The molecule has 1 aromatic heterocycles. The zero-order chi connectivity index (χ0) is 17.4. The summed E-state index contributed by atoms with van der Waals surface area (Å²) in [5.74, 6) is 0.905. The van der Waals surface area contributed by atoms with Crippen LogP contribution in [0.4, 0.5) is 4.39 Å². The smallest absolute Gasteiger partial charge is 0.191 e. The normalized spacial score (nSPS) is 12.2. The van der Waals surface area contributed by atoms with E-state index in [4.69, 9.17) is 4.74 Å². The Morgan fingerprint density at radius 3 is 2.76 bits per heavy atom. The fraction of sp³-hybridized carbons (Fsp3) is 0.412. The van der Waals surface area contributed by atoms with Crippen molar-refractivity contribution < 1.29 is 9.13 Å². The summed E-state index contributed by atoms with van der Waals surface area (Å²) in [7, 11) is 3.61. The van der Waals surface area contributed by atoms with Crippen LogP contribution in [0, 0.1) is 5.82 Å². The number of aromatic nitrogens is 2. The lowest BCUT2D eigenvalue weighted by atomic mass is 10.2. The van der Waals surface area contributed by atoms with E-state index in [1.165, 1.54) is 12.1 Å². The minimum Gasteiger partial charge on any atom is -0.489 e. The third kappa shape index (κ3) is 6.89. The molecular weight excluding hydrogens is 436 g/mol. The Bertz CT molecular complexity index is 677. The predicted octanol–water partition coefficient (Wildman–Crippen LogP) is 2.70. The molecule has 25 heavy (non-hydrogen) atoms. The average Bonchev–Trinajstić information content (AvgIpc) is 2.99. The number of aliphatic imine (C=N–C) groups is 1. The van der Waals surface area contributed by atoms with Crippen molar-refractivity contribution in [3.05, 3.63) is 48.0 Å². The molecular formula is C17H25FIN5O. The van der Waals surface area contributed by atoms with Crippen molar-refractivity contribution in [2.45, 2.75) is 26.0 Å². The summed E-state index contributed by atoms with van der Waals surface area (Å²) < 4.78 is 20.8. The summed E-state index contributed by atoms with van der Waals surface area (Å²) in [5.41, 5.74) is 1.06. The number of aryl methyl sites for hydroxylation is 1. The highest BCUT2D eigenvalue weighted by molar-refractivity contribution is 14.0. The van der Waals surface area contributed by atoms with Gasteiger partial charge in [-0.25, -0.2) is 4.39 Å². The standard InChI is InChI=1S/C17H24FN5O.HI/c1-4-15(24-16-7-5-6-13(18)10-16)12-21-17(19-2)20-11-14-8-9-22-23(14)3;/h5-10,15H,4,11-12H2,1-3H3,(H2,19,20,21);1H. The number of halogens is 2. The van der Waals surface area contributed by atoms with Crippen molar-refractivity contribution in [2.75, 3.05) is 13.6 Å². The predicted molar refractivity (Wildman–Crippen MR) is 108 cm³/mol. The molecule has 2 N–H and O–H groups in total. The van der Waals surface area contributed by atoms with E-state index >= 15 is 0 Å². The molecule has 0 aliphatic carbocycles. The number of ether oxygens (including phenoxy) is 1. The second kappa shape index (κ2) is 10.9. The van der Waals surface area contributed by atoms with Gasteiger partial charge in [-0.2, -0.15) is 5.10 Å². The lowest BCUT2D eigenvalue weighted by Gasteiger charge is -2.20. The molecule has 2 rings (SSSR count). The van der Waals surface area contributed by atoms with Gasteiger partial charge in [-0.1, -0.05) is 13.0 Å². The van der Waals surface area contributed by atoms with Crippen molar-refractivity contribution in [1.29, 1.82) is 0 Å². The zero-order valence-electron chi connectivity index (χ0n) is 14.7. The molecule has 0 saturated carbocycles. The topological polar surface area (TPSA) is 63.5 Å². The lowest BCUT2D eigenvalue weighted by molar-refractivity contribution is 0.198. The van der Waals surface area contributed by atoms with Gasteiger partial charge < -0.3 is 15.4 Å². The number of rotatable bonds is 7. The first-order chi connectivity index (χ1) is 11.6. The van der Waals surface area contributed by atoms with Gasteiger partial charge in [-0.15, -0.1) is 24.0 Å². The summed E-state index contributed by atoms with van der Waals surface area (Å²) in [6.45, 7) is 3.22. The highest BCUT2D eigenvalue weighted by atomic mass is 127. The van der Waals surface area contributed by atoms with Gasteiger partial charge in [0, 0.05) is 26.4 Å². The van der Waals surface area contributed by atoms with Crippen molar-refractivity contribution in [3.63, 3.8) is 0 Å². The first-order valence-corrected chi connectivity index (χ1v) is 7.96. The van der Waals surface area contributed by atoms with Gasteiger partial charge in [0.2, 0.25) is 0 Å². The SMILES string of the molecule is CCC(CNC(=NC)NCc1ccnn1C)Oc1cccc(F)c1.I. The fourth-order valence-corrected chi connectivity index (χ4v) is 2.18. The van der Waals surface area contributed by atoms with Crippen LogP contribution in [0.2, 0.25) is 0 Å². The third-order valence-corrected chi connectivity index (χ3v) is 3.63. The van der Waals surface area contributed by atoms with Crippen LogP contribution in [0.5, 0.6) is 5.75 Å². The van der Waals surface area contributed by atoms with Crippen LogP contribution in [0.3, 0.4) is 0 Å². The van der Waals surface area contributed by atoms with Gasteiger partial charge in [-0.05, 0) is 24.6 Å². The van der Waals surface area contributed by atoms with Gasteiger partial charge in [0.05, 0.1) is 18.8 Å². The van der Waals surface area contributed by atoms with Crippen molar-refractivity contribution >= 4 is 29.9 Å². The van der Waals surface area contributed by atoms with Gasteiger partial charge in [0.15, 0.2) is 5.96 Å². The van der Waals surface area contributed by atoms with Crippen LogP contribution < -0.4 is 15.4 Å². The van der Waals surface area contributed by atoms with Crippen LogP contribution in [0.25, 0.3) is 0 Å². The number of guanidine groups is 1. The average molecular weight is 461 g/mol. The van der Waals surface area contributed by atoms with E-state index in [-0.39, 0.29) is 35.9 Å². The van der Waals surface area contributed by atoms with E-state index in [1.807, 2.05) is 24.7 Å². The molecule has 138 valence electrons. The summed E-state index contributed by atoms with van der Waals surface area (Å²) in [5, 5.41) is 10.6. The Hall–Kier alpha value is -1.84. The molecule has 6 nitrogen and oxygen atoms in total. The third-order valence-electron chi connectivity index (χ3n) is 3.63. The summed E-state index contributed by atoms with van der Waals surface area (Å²) in [6.07, 6.45) is 2.47. The van der Waals surface area contributed by atoms with E-state index in [0.29, 0.717) is 24.8 Å². The molecule has 2 aromatic rings. The maximum Gasteiger partial charge on any atom is 0.191 e. The highest BCUT2D eigenvalue weighted by Gasteiger charge is 2.10. The molecule has 0 fully saturated rings. The number of benzene rings is 1. The Balaban J connectivity index is 0.00000312. The molecule has 0 spiro atoms. The molecule has 0 saturated heterocycles. The van der Waals surface area contributed by atoms with Crippen LogP contribution in [-0.4, -0.2) is 35.4 Å². The van der Waals surface area contributed by atoms with Gasteiger partial charge in [0.1, 0.15) is 17.7 Å². The monoisotopic (exact) mass is 461 g/mol. The maximum atomic E-state index is 13.2. The number of hydrogen-bond donors (Lipinski definition) is 2. The van der Waals surface area contributed by atoms with Crippen molar-refractivity contribution in [3.8, 4) is 5.75 Å². The molecule has 0 aliphatic rings. The van der Waals surface area contributed by atoms with E-state index in [1.54, 1.807) is 25.4 Å². The Morgan fingerprint density at radius 2 is 2.16 bits per heavy atom. The van der Waals surface area contributed by atoms with E-state index in [9.17, 15) is 4.39 Å². The lowest BCUT2D eigenvalue weighted by Crippen LogP contribution is -2.42. The maximum absolute atomic E-state index is 13.2. The molecule has 1 aromatic carbocycles. The van der Waals surface area contributed by atoms with Gasteiger partial charge in [0.25, 0.3) is 0 Å². The summed E-state index contributed by atoms with van der Waals surface area (Å²) >= 11 is 0. The van der Waals surface area contributed by atoms with Crippen LogP contribution in [0.1, 0.15) is 19.0 Å². The molecule has 0 aliphatic heterocycles. The molecule has 8 heteroatoms. The summed E-state index contributed by atoms with van der Waals surface area (Å²) in [6, 6.07) is 8.12. The molecule has 0 radical (unpaired) electrons. The molecule has 1 atom stereocenters. The first kappa shape index (κ1) is 21.2. The second-order valence-corrected chi connectivity index (χ2v) is 5.36. The Morgan fingerprint density at radius 1 is 1.36 bits per heavy atom. The van der Waals surface area contributed by atoms with Crippen LogP contribution in [-0.2, 0) is 13.6 Å². The van der Waals surface area contributed by atoms with Gasteiger partial charge in [-0.3, -0.25) is 9.67 Å². The number of hydrogen-bond acceptors (Lipinski definition) is 3. The molecule has 1 unspecified atom stereocenters. The van der Waals surface area contributed by atoms with Crippen LogP contribution >= 0.6 is 24.0 Å². The van der Waals surface area contributed by atoms with E-state index < -0.39 is 0 Å². The second-order valence-electron chi connectivity index (χ2n) is 5.36. The largest absolute Gasteiger partial charge is 0.489 e. The molecule has 1 heterocycles. The Labute approximate surface area is 164 Å². The quantitative estimate of drug-likeness (QED) is 0.378. The van der Waals surface area contributed by atoms with Crippen LogP contribution in [0.15, 0.2) is 41.5 Å². The minimum atomic E-state index is -0.302. The molecule has 0 bridgehead atoms.